The third-order valence-electron chi connectivity index (χ3n) is 5.43. The average Bonchev–Trinajstić information content (AvgIpc) is 2.98. The zero-order valence-corrected chi connectivity index (χ0v) is 14.9. The second-order valence-electron chi connectivity index (χ2n) is 7.30. The lowest BCUT2D eigenvalue weighted by Crippen LogP contribution is -2.55. The van der Waals surface area contributed by atoms with Crippen LogP contribution in [0.3, 0.4) is 0 Å². The van der Waals surface area contributed by atoms with Crippen LogP contribution in [-0.2, 0) is 11.2 Å². The molecule has 4 heteroatoms. The Balaban J connectivity index is 1.75. The third-order valence-corrected chi connectivity index (χ3v) is 5.43. The molecule has 0 bridgehead atoms. The van der Waals surface area contributed by atoms with Gasteiger partial charge in [0.1, 0.15) is 0 Å². The topological polar surface area (TPSA) is 47.4 Å². The highest BCUT2D eigenvalue weighted by Gasteiger charge is 2.36. The number of likely N-dealkylation sites (N-methyl/N-ethyl adjacent to an activating group) is 1. The molecule has 0 radical (unpaired) electrons. The summed E-state index contributed by atoms with van der Waals surface area (Å²) in [4.78, 5) is 17.6. The lowest BCUT2D eigenvalue weighted by atomic mass is 9.96. The molecule has 24 heavy (non-hydrogen) atoms. The number of rotatable bonds is 5. The molecular formula is C20H29N3O. The number of benzene rings is 1. The van der Waals surface area contributed by atoms with Crippen LogP contribution in [-0.4, -0.2) is 54.1 Å². The molecule has 4 nitrogen and oxygen atoms in total. The monoisotopic (exact) mass is 327 g/mol. The van der Waals surface area contributed by atoms with Gasteiger partial charge in [0.05, 0.1) is 5.92 Å². The van der Waals surface area contributed by atoms with Crippen molar-refractivity contribution in [3.8, 4) is 0 Å². The van der Waals surface area contributed by atoms with Crippen molar-refractivity contribution in [2.24, 2.45) is 0 Å². The Morgan fingerprint density at radius 2 is 2.08 bits per heavy atom. The Bertz CT molecular complexity index is 613. The number of hydrogen-bond acceptors (Lipinski definition) is 3. The van der Waals surface area contributed by atoms with Gasteiger partial charge in [0, 0.05) is 37.8 Å². The van der Waals surface area contributed by atoms with Crippen LogP contribution in [0.25, 0.3) is 0 Å². The predicted molar refractivity (Wildman–Crippen MR) is 97.8 cm³/mol. The van der Waals surface area contributed by atoms with Gasteiger partial charge in [-0.1, -0.05) is 37.6 Å². The summed E-state index contributed by atoms with van der Waals surface area (Å²) in [5, 5.41) is 8.19. The summed E-state index contributed by atoms with van der Waals surface area (Å²) < 4.78 is 0. The first-order valence-electron chi connectivity index (χ1n) is 9.23. The van der Waals surface area contributed by atoms with E-state index >= 15 is 0 Å². The van der Waals surface area contributed by atoms with Gasteiger partial charge in [-0.15, -0.1) is 0 Å². The lowest BCUT2D eigenvalue weighted by molar-refractivity contribution is -0.137. The summed E-state index contributed by atoms with van der Waals surface area (Å²) in [6.45, 7) is 4.71. The van der Waals surface area contributed by atoms with Gasteiger partial charge in [0.2, 0.25) is 5.91 Å². The number of fused-ring (bicyclic) bond motifs is 1. The SMILES string of the molecule is CCCC(=N)CC1CN(C)CCN1C(=O)C1CCc2ccccc21. The maximum Gasteiger partial charge on any atom is 0.230 e. The van der Waals surface area contributed by atoms with E-state index in [1.54, 1.807) is 0 Å². The average molecular weight is 327 g/mol. The van der Waals surface area contributed by atoms with Crippen LogP contribution in [0.2, 0.25) is 0 Å². The fourth-order valence-electron chi connectivity index (χ4n) is 4.18. The molecule has 2 unspecified atom stereocenters. The largest absolute Gasteiger partial charge is 0.336 e. The van der Waals surface area contributed by atoms with E-state index in [1.807, 2.05) is 6.07 Å². The Morgan fingerprint density at radius 1 is 1.29 bits per heavy atom. The predicted octanol–water partition coefficient (Wildman–Crippen LogP) is 3.07. The van der Waals surface area contributed by atoms with Gasteiger partial charge in [-0.2, -0.15) is 0 Å². The Hall–Kier alpha value is -1.68. The summed E-state index contributed by atoms with van der Waals surface area (Å²) in [7, 11) is 2.11. The molecule has 130 valence electrons. The first kappa shape index (κ1) is 17.2. The van der Waals surface area contributed by atoms with E-state index in [-0.39, 0.29) is 17.9 Å². The summed E-state index contributed by atoms with van der Waals surface area (Å²) in [6, 6.07) is 8.54. The number of hydrogen-bond donors (Lipinski definition) is 1. The maximum absolute atomic E-state index is 13.3. The smallest absolute Gasteiger partial charge is 0.230 e. The van der Waals surface area contributed by atoms with E-state index in [0.29, 0.717) is 0 Å². The highest BCUT2D eigenvalue weighted by Crippen LogP contribution is 2.35. The van der Waals surface area contributed by atoms with E-state index in [9.17, 15) is 4.79 Å². The van der Waals surface area contributed by atoms with Crippen LogP contribution in [0, 0.1) is 5.41 Å². The summed E-state index contributed by atoms with van der Waals surface area (Å²) in [5.41, 5.74) is 3.34. The maximum atomic E-state index is 13.3. The molecule has 1 aliphatic carbocycles. The number of amides is 1. The Labute approximate surface area is 145 Å². The summed E-state index contributed by atoms with van der Waals surface area (Å²) in [5.74, 6) is 0.301. The van der Waals surface area contributed by atoms with Crippen molar-refractivity contribution < 1.29 is 4.79 Å². The van der Waals surface area contributed by atoms with E-state index in [2.05, 4.69) is 42.0 Å². The van der Waals surface area contributed by atoms with Gasteiger partial charge in [0.15, 0.2) is 0 Å². The highest BCUT2D eigenvalue weighted by atomic mass is 16.2. The molecule has 0 saturated carbocycles. The van der Waals surface area contributed by atoms with Crippen molar-refractivity contribution in [2.45, 2.75) is 51.0 Å². The van der Waals surface area contributed by atoms with Crippen molar-refractivity contribution in [1.82, 2.24) is 9.80 Å². The molecular weight excluding hydrogens is 298 g/mol. The molecule has 2 aliphatic rings. The van der Waals surface area contributed by atoms with Crippen LogP contribution >= 0.6 is 0 Å². The van der Waals surface area contributed by atoms with Gasteiger partial charge < -0.3 is 15.2 Å². The number of piperazine rings is 1. The number of carbonyl (C=O) groups excluding carboxylic acids is 1. The number of nitrogens with zero attached hydrogens (tertiary/aromatic N) is 2. The van der Waals surface area contributed by atoms with Gasteiger partial charge in [-0.3, -0.25) is 4.79 Å². The van der Waals surface area contributed by atoms with Crippen LogP contribution in [0.5, 0.6) is 0 Å². The molecule has 0 aromatic heterocycles. The minimum Gasteiger partial charge on any atom is -0.336 e. The van der Waals surface area contributed by atoms with Gasteiger partial charge >= 0.3 is 0 Å². The van der Waals surface area contributed by atoms with E-state index < -0.39 is 0 Å². The fourth-order valence-corrected chi connectivity index (χ4v) is 4.18. The molecule has 1 amide bonds. The molecule has 2 atom stereocenters. The fraction of sp³-hybridized carbons (Fsp3) is 0.600. The molecule has 1 saturated heterocycles. The Kier molecular flexibility index (Phi) is 5.34. The second-order valence-corrected chi connectivity index (χ2v) is 7.30. The van der Waals surface area contributed by atoms with E-state index in [1.165, 1.54) is 11.1 Å². The first-order chi connectivity index (χ1) is 11.6. The van der Waals surface area contributed by atoms with Crippen molar-refractivity contribution in [3.63, 3.8) is 0 Å². The third kappa shape index (κ3) is 3.54. The van der Waals surface area contributed by atoms with E-state index in [4.69, 9.17) is 5.41 Å². The number of aryl methyl sites for hydroxylation is 1. The lowest BCUT2D eigenvalue weighted by Gasteiger charge is -2.41. The van der Waals surface area contributed by atoms with Crippen molar-refractivity contribution in [1.29, 1.82) is 5.41 Å². The molecule has 1 aromatic carbocycles. The van der Waals surface area contributed by atoms with Gasteiger partial charge in [-0.05, 0) is 37.4 Å². The highest BCUT2D eigenvalue weighted by molar-refractivity contribution is 5.87. The minimum atomic E-state index is 0.0208. The zero-order valence-electron chi connectivity index (χ0n) is 14.9. The quantitative estimate of drug-likeness (QED) is 0.845. The number of carbonyl (C=O) groups is 1. The molecule has 1 heterocycles. The zero-order chi connectivity index (χ0) is 17.1. The molecule has 1 aliphatic heterocycles. The standard InChI is InChI=1S/C20H29N3O/c1-3-6-16(21)13-17-14-22(2)11-12-23(17)20(24)19-10-9-15-7-4-5-8-18(15)19/h4-5,7-8,17,19,21H,3,6,9-14H2,1-2H3. The second kappa shape index (κ2) is 7.47. The summed E-state index contributed by atoms with van der Waals surface area (Å²) >= 11 is 0. The van der Waals surface area contributed by atoms with Crippen LogP contribution in [0.4, 0.5) is 0 Å². The normalized spacial score (nSPS) is 24.0. The van der Waals surface area contributed by atoms with E-state index in [0.717, 1.165) is 57.5 Å². The molecule has 1 aromatic rings. The molecule has 3 rings (SSSR count). The van der Waals surface area contributed by atoms with Crippen LogP contribution < -0.4 is 0 Å². The van der Waals surface area contributed by atoms with Crippen molar-refractivity contribution in [3.05, 3.63) is 35.4 Å². The molecule has 1 N–H and O–H groups in total. The summed E-state index contributed by atoms with van der Waals surface area (Å²) in [6.07, 6.45) is 4.51. The van der Waals surface area contributed by atoms with Gasteiger partial charge in [0.25, 0.3) is 0 Å². The van der Waals surface area contributed by atoms with Crippen molar-refractivity contribution >= 4 is 11.6 Å². The van der Waals surface area contributed by atoms with Gasteiger partial charge in [-0.25, -0.2) is 0 Å². The van der Waals surface area contributed by atoms with Crippen LogP contribution in [0.15, 0.2) is 24.3 Å². The van der Waals surface area contributed by atoms with Crippen molar-refractivity contribution in [2.75, 3.05) is 26.7 Å². The minimum absolute atomic E-state index is 0.0208. The number of nitrogens with one attached hydrogen (secondary N) is 1. The Morgan fingerprint density at radius 3 is 2.88 bits per heavy atom. The molecule has 0 spiro atoms. The van der Waals surface area contributed by atoms with Crippen LogP contribution in [0.1, 0.15) is 49.7 Å². The molecule has 1 fully saturated rings. The first-order valence-corrected chi connectivity index (χ1v) is 9.23.